The van der Waals surface area contributed by atoms with Crippen LogP contribution in [0.4, 0.5) is 0 Å². The van der Waals surface area contributed by atoms with E-state index in [4.69, 9.17) is 4.74 Å². The van der Waals surface area contributed by atoms with Crippen molar-refractivity contribution in [1.29, 1.82) is 0 Å². The zero-order valence-corrected chi connectivity index (χ0v) is 15.4. The van der Waals surface area contributed by atoms with Gasteiger partial charge in [-0.2, -0.15) is 0 Å². The molecule has 2 heteroatoms. The van der Waals surface area contributed by atoms with Gasteiger partial charge in [-0.1, -0.05) is 60.7 Å². The Bertz CT molecular complexity index is 1060. The molecule has 4 rings (SSSR count). The Morgan fingerprint density at radius 1 is 0.815 bits per heavy atom. The minimum Gasteiger partial charge on any atom is -0.493 e. The van der Waals surface area contributed by atoms with E-state index in [-0.39, 0.29) is 5.78 Å². The zero-order chi connectivity index (χ0) is 18.6. The van der Waals surface area contributed by atoms with Gasteiger partial charge in [-0.15, -0.1) is 0 Å². The number of ketones is 1. The number of hydrogen-bond donors (Lipinski definition) is 0. The molecule has 0 fully saturated rings. The molecule has 4 aromatic rings. The predicted octanol–water partition coefficient (Wildman–Crippen LogP) is 6.21. The first-order valence-corrected chi connectivity index (χ1v) is 9.42. The third kappa shape index (κ3) is 3.43. The second kappa shape index (κ2) is 7.63. The van der Waals surface area contributed by atoms with Crippen molar-refractivity contribution in [2.45, 2.75) is 19.8 Å². The molecule has 0 N–H and O–H groups in total. The molecule has 0 heterocycles. The predicted molar refractivity (Wildman–Crippen MR) is 112 cm³/mol. The molecule has 0 saturated carbocycles. The van der Waals surface area contributed by atoms with E-state index in [2.05, 4.69) is 54.6 Å². The third-order valence-corrected chi connectivity index (χ3v) is 4.97. The molecule has 0 bridgehead atoms. The highest BCUT2D eigenvalue weighted by atomic mass is 16.5. The van der Waals surface area contributed by atoms with Gasteiger partial charge in [0, 0.05) is 6.42 Å². The van der Waals surface area contributed by atoms with Crippen molar-refractivity contribution in [3.05, 3.63) is 90.0 Å². The Balaban J connectivity index is 1.70. The van der Waals surface area contributed by atoms with Gasteiger partial charge in [0.2, 0.25) is 0 Å². The summed E-state index contributed by atoms with van der Waals surface area (Å²) in [5.74, 6) is 0.795. The SMILES string of the molecule is CCOc1ccccc1C(=O)CCc1c2ccccc2cc2ccccc12. The van der Waals surface area contributed by atoms with Crippen LogP contribution in [0.5, 0.6) is 5.75 Å². The normalized spacial score (nSPS) is 11.0. The van der Waals surface area contributed by atoms with Crippen LogP contribution in [0.25, 0.3) is 21.5 Å². The standard InChI is InChI=1S/C25H22O2/c1-2-27-25-14-8-7-13-23(25)24(26)16-15-22-20-11-5-3-9-18(20)17-19-10-4-6-12-21(19)22/h3-14,17H,2,15-16H2,1H3. The van der Waals surface area contributed by atoms with E-state index in [0.29, 0.717) is 30.8 Å². The van der Waals surface area contributed by atoms with E-state index in [1.54, 1.807) is 0 Å². The fourth-order valence-corrected chi connectivity index (χ4v) is 3.73. The second-order valence-electron chi connectivity index (χ2n) is 6.65. The van der Waals surface area contributed by atoms with Gasteiger partial charge in [-0.25, -0.2) is 0 Å². The van der Waals surface area contributed by atoms with Gasteiger partial charge < -0.3 is 4.74 Å². The molecule has 2 nitrogen and oxygen atoms in total. The lowest BCUT2D eigenvalue weighted by molar-refractivity contribution is 0.0979. The molecule has 0 spiro atoms. The molecule has 0 aliphatic heterocycles. The summed E-state index contributed by atoms with van der Waals surface area (Å²) in [5, 5.41) is 4.88. The molecule has 0 aliphatic rings. The van der Waals surface area contributed by atoms with Crippen LogP contribution in [0.1, 0.15) is 29.3 Å². The number of para-hydroxylation sites is 1. The van der Waals surface area contributed by atoms with Crippen LogP contribution < -0.4 is 4.74 Å². The van der Waals surface area contributed by atoms with Crippen LogP contribution in [-0.4, -0.2) is 12.4 Å². The fourth-order valence-electron chi connectivity index (χ4n) is 3.73. The van der Waals surface area contributed by atoms with Crippen LogP contribution in [0, 0.1) is 0 Å². The van der Waals surface area contributed by atoms with E-state index < -0.39 is 0 Å². The van der Waals surface area contributed by atoms with Crippen LogP contribution in [0.15, 0.2) is 78.9 Å². The second-order valence-corrected chi connectivity index (χ2v) is 6.65. The van der Waals surface area contributed by atoms with E-state index in [1.165, 1.54) is 27.1 Å². The molecule has 0 aliphatic carbocycles. The minimum atomic E-state index is 0.121. The largest absolute Gasteiger partial charge is 0.493 e. The van der Waals surface area contributed by atoms with Gasteiger partial charge in [-0.05, 0) is 58.7 Å². The number of carbonyl (C=O) groups excluding carboxylic acids is 1. The number of fused-ring (bicyclic) bond motifs is 2. The molecular weight excluding hydrogens is 332 g/mol. The molecule has 27 heavy (non-hydrogen) atoms. The number of aryl methyl sites for hydroxylation is 1. The van der Waals surface area contributed by atoms with Gasteiger partial charge in [-0.3, -0.25) is 4.79 Å². The van der Waals surface area contributed by atoms with Crippen LogP contribution in [-0.2, 0) is 6.42 Å². The summed E-state index contributed by atoms with van der Waals surface area (Å²) < 4.78 is 5.63. The summed E-state index contributed by atoms with van der Waals surface area (Å²) in [7, 11) is 0. The zero-order valence-electron chi connectivity index (χ0n) is 15.4. The number of ether oxygens (including phenoxy) is 1. The van der Waals surface area contributed by atoms with Crippen molar-refractivity contribution in [2.75, 3.05) is 6.61 Å². The maximum Gasteiger partial charge on any atom is 0.166 e. The quantitative estimate of drug-likeness (QED) is 0.304. The lowest BCUT2D eigenvalue weighted by Crippen LogP contribution is -2.05. The minimum absolute atomic E-state index is 0.121. The van der Waals surface area contributed by atoms with Crippen molar-refractivity contribution in [3.63, 3.8) is 0 Å². The van der Waals surface area contributed by atoms with Gasteiger partial charge in [0.25, 0.3) is 0 Å². The van der Waals surface area contributed by atoms with E-state index in [0.717, 1.165) is 0 Å². The summed E-state index contributed by atoms with van der Waals surface area (Å²) in [5.41, 5.74) is 1.91. The summed E-state index contributed by atoms with van der Waals surface area (Å²) in [4.78, 5) is 12.9. The Kier molecular flexibility index (Phi) is 4.88. The van der Waals surface area contributed by atoms with Crippen molar-refractivity contribution >= 4 is 27.3 Å². The average Bonchev–Trinajstić information content (AvgIpc) is 2.71. The molecule has 0 unspecified atom stereocenters. The van der Waals surface area contributed by atoms with Crippen molar-refractivity contribution in [1.82, 2.24) is 0 Å². The average molecular weight is 354 g/mol. The summed E-state index contributed by atoms with van der Waals surface area (Å²) in [6.07, 6.45) is 1.17. The number of carbonyl (C=O) groups is 1. The van der Waals surface area contributed by atoms with E-state index >= 15 is 0 Å². The molecule has 4 aromatic carbocycles. The monoisotopic (exact) mass is 354 g/mol. The van der Waals surface area contributed by atoms with Crippen molar-refractivity contribution < 1.29 is 9.53 Å². The highest BCUT2D eigenvalue weighted by Gasteiger charge is 2.14. The molecular formula is C25H22O2. The molecule has 0 aromatic heterocycles. The fraction of sp³-hybridized carbons (Fsp3) is 0.160. The molecule has 0 amide bonds. The summed E-state index contributed by atoms with van der Waals surface area (Å²) in [6.45, 7) is 2.49. The summed E-state index contributed by atoms with van der Waals surface area (Å²) >= 11 is 0. The first-order chi connectivity index (χ1) is 13.3. The lowest BCUT2D eigenvalue weighted by atomic mass is 9.92. The van der Waals surface area contributed by atoms with Gasteiger partial charge in [0.15, 0.2) is 5.78 Å². The van der Waals surface area contributed by atoms with Crippen LogP contribution >= 0.6 is 0 Å². The number of Topliss-reactive ketones (excluding diaryl/α,β-unsaturated/α-hetero) is 1. The van der Waals surface area contributed by atoms with E-state index in [9.17, 15) is 4.79 Å². The van der Waals surface area contributed by atoms with Crippen LogP contribution in [0.3, 0.4) is 0 Å². The Morgan fingerprint density at radius 3 is 2.07 bits per heavy atom. The third-order valence-electron chi connectivity index (χ3n) is 4.97. The first-order valence-electron chi connectivity index (χ1n) is 9.42. The first kappa shape index (κ1) is 17.3. The molecule has 0 radical (unpaired) electrons. The maximum atomic E-state index is 12.9. The Morgan fingerprint density at radius 2 is 1.41 bits per heavy atom. The molecule has 134 valence electrons. The van der Waals surface area contributed by atoms with Gasteiger partial charge in [0.1, 0.15) is 5.75 Å². The lowest BCUT2D eigenvalue weighted by Gasteiger charge is -2.12. The van der Waals surface area contributed by atoms with E-state index in [1.807, 2.05) is 31.2 Å². The topological polar surface area (TPSA) is 26.3 Å². The van der Waals surface area contributed by atoms with Crippen molar-refractivity contribution in [2.24, 2.45) is 0 Å². The number of rotatable bonds is 6. The smallest absolute Gasteiger partial charge is 0.166 e. The maximum absolute atomic E-state index is 12.9. The van der Waals surface area contributed by atoms with Gasteiger partial charge in [0.05, 0.1) is 12.2 Å². The number of benzene rings is 4. The molecule has 0 atom stereocenters. The van der Waals surface area contributed by atoms with Crippen molar-refractivity contribution in [3.8, 4) is 5.75 Å². The Hall–Kier alpha value is -3.13. The van der Waals surface area contributed by atoms with Gasteiger partial charge >= 0.3 is 0 Å². The number of hydrogen-bond acceptors (Lipinski definition) is 2. The highest BCUT2D eigenvalue weighted by Crippen LogP contribution is 2.30. The van der Waals surface area contributed by atoms with Crippen LogP contribution in [0.2, 0.25) is 0 Å². The molecule has 0 saturated heterocycles. The Labute approximate surface area is 159 Å². The summed E-state index contributed by atoms with van der Waals surface area (Å²) in [6, 6.07) is 26.6. The highest BCUT2D eigenvalue weighted by molar-refractivity contribution is 6.03.